The van der Waals surface area contributed by atoms with Crippen LogP contribution in [0.15, 0.2) is 0 Å². The first-order chi connectivity index (χ1) is 7.65. The highest BCUT2D eigenvalue weighted by Crippen LogP contribution is 2.10. The van der Waals surface area contributed by atoms with E-state index in [4.69, 9.17) is 5.73 Å². The van der Waals surface area contributed by atoms with Gasteiger partial charge in [0.15, 0.2) is 0 Å². The second kappa shape index (κ2) is 6.86. The van der Waals surface area contributed by atoms with E-state index in [0.717, 1.165) is 32.5 Å². The van der Waals surface area contributed by atoms with Crippen LogP contribution in [-0.2, 0) is 4.79 Å². The Labute approximate surface area is 98.6 Å². The Balaban J connectivity index is 2.20. The number of unbranched alkanes of at least 4 members (excludes halogenated alkanes) is 2. The van der Waals surface area contributed by atoms with Crippen molar-refractivity contribution in [3.8, 4) is 0 Å². The van der Waals surface area contributed by atoms with Crippen molar-refractivity contribution in [1.29, 1.82) is 0 Å². The Hall–Kier alpha value is -0.610. The van der Waals surface area contributed by atoms with Crippen LogP contribution < -0.4 is 11.1 Å². The highest BCUT2D eigenvalue weighted by molar-refractivity contribution is 5.81. The van der Waals surface area contributed by atoms with Crippen molar-refractivity contribution in [2.45, 2.75) is 51.6 Å². The van der Waals surface area contributed by atoms with Gasteiger partial charge in [0.1, 0.15) is 0 Å². The molecule has 3 N–H and O–H groups in total. The first-order valence-corrected chi connectivity index (χ1v) is 6.42. The topological polar surface area (TPSA) is 58.4 Å². The van der Waals surface area contributed by atoms with E-state index < -0.39 is 0 Å². The molecule has 0 aromatic carbocycles. The Morgan fingerprint density at radius 3 is 2.88 bits per heavy atom. The largest absolute Gasteiger partial charge is 0.355 e. The normalized spacial score (nSPS) is 23.3. The first kappa shape index (κ1) is 13.5. The highest BCUT2D eigenvalue weighted by Gasteiger charge is 2.27. The molecule has 0 aromatic rings. The number of hydrogen-bond acceptors (Lipinski definition) is 3. The lowest BCUT2D eigenvalue weighted by molar-refractivity contribution is -0.125. The maximum absolute atomic E-state index is 11.8. The smallest absolute Gasteiger partial charge is 0.237 e. The lowest BCUT2D eigenvalue weighted by Crippen LogP contribution is -2.45. The standard InChI is InChI=1S/C12H25N3O/c1-3-4-5-7-14-12(16)10(2)15-8-6-11(13)9-15/h10-11H,3-9,13H2,1-2H3,(H,14,16)/t10?,11-/m0/s1. The van der Waals surface area contributed by atoms with E-state index in [1.807, 2.05) is 6.92 Å². The van der Waals surface area contributed by atoms with E-state index >= 15 is 0 Å². The molecule has 94 valence electrons. The van der Waals surface area contributed by atoms with Crippen LogP contribution in [0.5, 0.6) is 0 Å². The van der Waals surface area contributed by atoms with Crippen molar-refractivity contribution in [3.05, 3.63) is 0 Å². The predicted molar refractivity (Wildman–Crippen MR) is 66.2 cm³/mol. The number of amides is 1. The first-order valence-electron chi connectivity index (χ1n) is 6.42. The molecule has 2 atom stereocenters. The summed E-state index contributed by atoms with van der Waals surface area (Å²) in [4.78, 5) is 14.0. The monoisotopic (exact) mass is 227 g/mol. The fourth-order valence-corrected chi connectivity index (χ4v) is 2.07. The molecule has 0 spiro atoms. The summed E-state index contributed by atoms with van der Waals surface area (Å²) in [6.07, 6.45) is 4.46. The second-order valence-corrected chi connectivity index (χ2v) is 4.72. The number of nitrogens with one attached hydrogen (secondary N) is 1. The van der Waals surface area contributed by atoms with Crippen molar-refractivity contribution in [2.75, 3.05) is 19.6 Å². The molecule has 1 amide bonds. The average Bonchev–Trinajstić information content (AvgIpc) is 2.70. The average molecular weight is 227 g/mol. The molecular weight excluding hydrogens is 202 g/mol. The summed E-state index contributed by atoms with van der Waals surface area (Å²) in [5, 5.41) is 2.99. The lowest BCUT2D eigenvalue weighted by Gasteiger charge is -2.23. The number of rotatable bonds is 6. The van der Waals surface area contributed by atoms with Gasteiger partial charge < -0.3 is 11.1 Å². The minimum absolute atomic E-state index is 0.0322. The molecule has 4 heteroatoms. The number of carbonyl (C=O) groups excluding carboxylic acids is 1. The Morgan fingerprint density at radius 1 is 1.56 bits per heavy atom. The maximum Gasteiger partial charge on any atom is 0.237 e. The van der Waals surface area contributed by atoms with Gasteiger partial charge in [-0.05, 0) is 19.8 Å². The molecule has 16 heavy (non-hydrogen) atoms. The second-order valence-electron chi connectivity index (χ2n) is 4.72. The minimum atomic E-state index is -0.0322. The zero-order chi connectivity index (χ0) is 12.0. The third-order valence-corrected chi connectivity index (χ3v) is 3.26. The van der Waals surface area contributed by atoms with Crippen LogP contribution in [0.2, 0.25) is 0 Å². The number of nitrogens with two attached hydrogens (primary N) is 1. The fraction of sp³-hybridized carbons (Fsp3) is 0.917. The van der Waals surface area contributed by atoms with Gasteiger partial charge >= 0.3 is 0 Å². The molecule has 1 rings (SSSR count). The molecule has 1 saturated heterocycles. The molecule has 4 nitrogen and oxygen atoms in total. The quantitative estimate of drug-likeness (QED) is 0.657. The van der Waals surface area contributed by atoms with Gasteiger partial charge in [0.25, 0.3) is 0 Å². The molecule has 0 aromatic heterocycles. The molecule has 1 aliphatic heterocycles. The fourth-order valence-electron chi connectivity index (χ4n) is 2.07. The van der Waals surface area contributed by atoms with Crippen molar-refractivity contribution < 1.29 is 4.79 Å². The van der Waals surface area contributed by atoms with Crippen LogP contribution in [0, 0.1) is 0 Å². The maximum atomic E-state index is 11.8. The third-order valence-electron chi connectivity index (χ3n) is 3.26. The molecule has 1 heterocycles. The van der Waals surface area contributed by atoms with Gasteiger partial charge in [-0.3, -0.25) is 9.69 Å². The summed E-state index contributed by atoms with van der Waals surface area (Å²) in [6.45, 7) is 6.73. The van der Waals surface area contributed by atoms with Gasteiger partial charge in [0.2, 0.25) is 5.91 Å². The van der Waals surface area contributed by atoms with Gasteiger partial charge in [-0.1, -0.05) is 19.8 Å². The van der Waals surface area contributed by atoms with Gasteiger partial charge in [0.05, 0.1) is 6.04 Å². The van der Waals surface area contributed by atoms with Crippen LogP contribution in [-0.4, -0.2) is 42.5 Å². The summed E-state index contributed by atoms with van der Waals surface area (Å²) in [7, 11) is 0. The van der Waals surface area contributed by atoms with E-state index in [1.54, 1.807) is 0 Å². The summed E-state index contributed by atoms with van der Waals surface area (Å²) in [5.74, 6) is 0.144. The molecule has 0 bridgehead atoms. The SMILES string of the molecule is CCCCCNC(=O)C(C)N1CC[C@H](N)C1. The van der Waals surface area contributed by atoms with Gasteiger partial charge in [-0.25, -0.2) is 0 Å². The Morgan fingerprint density at radius 2 is 2.31 bits per heavy atom. The third kappa shape index (κ3) is 4.10. The van der Waals surface area contributed by atoms with Crippen LogP contribution in [0.25, 0.3) is 0 Å². The van der Waals surface area contributed by atoms with Gasteiger partial charge in [0, 0.05) is 25.7 Å². The zero-order valence-electron chi connectivity index (χ0n) is 10.5. The van der Waals surface area contributed by atoms with Crippen molar-refractivity contribution >= 4 is 5.91 Å². The Kier molecular flexibility index (Phi) is 5.77. The summed E-state index contributed by atoms with van der Waals surface area (Å²) in [6, 6.07) is 0.213. The number of likely N-dealkylation sites (tertiary alicyclic amines) is 1. The van der Waals surface area contributed by atoms with Gasteiger partial charge in [-0.2, -0.15) is 0 Å². The van der Waals surface area contributed by atoms with E-state index in [1.165, 1.54) is 12.8 Å². The number of hydrogen-bond donors (Lipinski definition) is 2. The van der Waals surface area contributed by atoms with E-state index in [-0.39, 0.29) is 18.0 Å². The highest BCUT2D eigenvalue weighted by atomic mass is 16.2. The molecule has 0 radical (unpaired) electrons. The molecule has 1 fully saturated rings. The zero-order valence-corrected chi connectivity index (χ0v) is 10.5. The summed E-state index contributed by atoms with van der Waals surface area (Å²) < 4.78 is 0. The molecule has 1 unspecified atom stereocenters. The van der Waals surface area contributed by atoms with Crippen molar-refractivity contribution in [2.24, 2.45) is 5.73 Å². The van der Waals surface area contributed by atoms with Crippen molar-refractivity contribution in [3.63, 3.8) is 0 Å². The predicted octanol–water partition coefficient (Wildman–Crippen LogP) is 0.714. The molecule has 0 saturated carbocycles. The molecule has 0 aliphatic carbocycles. The van der Waals surface area contributed by atoms with E-state index in [2.05, 4.69) is 17.1 Å². The number of carbonyl (C=O) groups is 1. The van der Waals surface area contributed by atoms with Crippen LogP contribution in [0.1, 0.15) is 39.5 Å². The molecule has 1 aliphatic rings. The van der Waals surface area contributed by atoms with Crippen molar-refractivity contribution in [1.82, 2.24) is 10.2 Å². The molecular formula is C12H25N3O. The summed E-state index contributed by atoms with van der Waals surface area (Å²) in [5.41, 5.74) is 5.83. The van der Waals surface area contributed by atoms with E-state index in [0.29, 0.717) is 0 Å². The minimum Gasteiger partial charge on any atom is -0.355 e. The summed E-state index contributed by atoms with van der Waals surface area (Å²) >= 11 is 0. The number of nitrogens with zero attached hydrogens (tertiary/aromatic N) is 1. The lowest BCUT2D eigenvalue weighted by atomic mass is 10.2. The van der Waals surface area contributed by atoms with Crippen LogP contribution in [0.3, 0.4) is 0 Å². The van der Waals surface area contributed by atoms with Gasteiger partial charge in [-0.15, -0.1) is 0 Å². The Bertz CT molecular complexity index is 220. The van der Waals surface area contributed by atoms with Crippen LogP contribution >= 0.6 is 0 Å². The van der Waals surface area contributed by atoms with E-state index in [9.17, 15) is 4.79 Å². The van der Waals surface area contributed by atoms with Crippen LogP contribution in [0.4, 0.5) is 0 Å².